The second-order valence-corrected chi connectivity index (χ2v) is 12.2. The smallest absolute Gasteiger partial charge is 0.319 e. The lowest BCUT2D eigenvalue weighted by atomic mass is 9.80. The number of hydrogen-bond donors (Lipinski definition) is 2. The van der Waals surface area contributed by atoms with Gasteiger partial charge in [0.15, 0.2) is 0 Å². The molecule has 4 aliphatic rings. The van der Waals surface area contributed by atoms with E-state index in [2.05, 4.69) is 23.9 Å². The molecular formula is C18H30N4O4S2. The number of nitrogens with one attached hydrogen (secondary N) is 2. The fraction of sp³-hybridized carbons (Fsp3) is 0.889. The molecule has 28 heavy (non-hydrogen) atoms. The largest absolute Gasteiger partial charge is 0.326 e. The van der Waals surface area contributed by atoms with E-state index in [-0.39, 0.29) is 35.3 Å². The second-order valence-electron chi connectivity index (χ2n) is 8.65. The van der Waals surface area contributed by atoms with Crippen LogP contribution in [0.1, 0.15) is 46.0 Å². The van der Waals surface area contributed by atoms with Crippen molar-refractivity contribution in [3.63, 3.8) is 0 Å². The van der Waals surface area contributed by atoms with Crippen molar-refractivity contribution in [3.05, 3.63) is 0 Å². The first-order valence-electron chi connectivity index (χ1n) is 10.2. The predicted octanol–water partition coefficient (Wildman–Crippen LogP) is 0.939. The van der Waals surface area contributed by atoms with Crippen LogP contribution < -0.4 is 10.0 Å². The Balaban J connectivity index is 1.51. The summed E-state index contributed by atoms with van der Waals surface area (Å²) in [5.74, 6) is -0.680. The van der Waals surface area contributed by atoms with E-state index in [1.807, 2.05) is 16.7 Å². The van der Waals surface area contributed by atoms with E-state index in [1.165, 1.54) is 11.9 Å². The van der Waals surface area contributed by atoms with E-state index in [1.54, 1.807) is 0 Å². The van der Waals surface area contributed by atoms with Crippen LogP contribution in [0.2, 0.25) is 0 Å². The summed E-state index contributed by atoms with van der Waals surface area (Å²) in [6.07, 6.45) is 3.13. The number of fused-ring (bicyclic) bond motifs is 1. The molecule has 6 atom stereocenters. The minimum Gasteiger partial charge on any atom is -0.319 e. The molecule has 2 saturated heterocycles. The quantitative estimate of drug-likeness (QED) is 0.674. The summed E-state index contributed by atoms with van der Waals surface area (Å²) in [7, 11) is -1.90. The summed E-state index contributed by atoms with van der Waals surface area (Å²) >= 11 is 1.81. The summed E-state index contributed by atoms with van der Waals surface area (Å²) in [6.45, 7) is 4.81. The van der Waals surface area contributed by atoms with Gasteiger partial charge in [0.1, 0.15) is 0 Å². The lowest BCUT2D eigenvalue weighted by Gasteiger charge is -2.48. The summed E-state index contributed by atoms with van der Waals surface area (Å²) < 4.78 is 28.1. The van der Waals surface area contributed by atoms with Crippen LogP contribution in [0, 0.1) is 5.92 Å². The van der Waals surface area contributed by atoms with Gasteiger partial charge in [-0.05, 0) is 46.0 Å². The second kappa shape index (κ2) is 7.45. The highest BCUT2D eigenvalue weighted by molar-refractivity contribution is 8.00. The molecule has 4 fully saturated rings. The molecule has 2 saturated carbocycles. The van der Waals surface area contributed by atoms with Gasteiger partial charge in [0.05, 0.1) is 16.5 Å². The standard InChI is InChI=1S/C18H30N4O4S2/c1-10-16(27-11(2)19-10)9-22-15-7-6-13(28(25,26)20-12-4-5-12)8-14(15)17(23)21(3)18(22)24/h10-16,19-20H,4-9H2,1-3H3. The van der Waals surface area contributed by atoms with E-state index in [9.17, 15) is 18.0 Å². The maximum atomic E-state index is 12.9. The summed E-state index contributed by atoms with van der Waals surface area (Å²) in [4.78, 5) is 28.7. The van der Waals surface area contributed by atoms with Crippen molar-refractivity contribution in [2.75, 3.05) is 13.6 Å². The van der Waals surface area contributed by atoms with Gasteiger partial charge in [0, 0.05) is 37.0 Å². The van der Waals surface area contributed by atoms with Crippen LogP contribution in [0.4, 0.5) is 4.79 Å². The van der Waals surface area contributed by atoms with Crippen molar-refractivity contribution in [3.8, 4) is 0 Å². The van der Waals surface area contributed by atoms with Crippen LogP contribution in [0.3, 0.4) is 0 Å². The first kappa shape index (κ1) is 20.4. The molecule has 2 aliphatic heterocycles. The Bertz CT molecular complexity index is 757. The zero-order chi connectivity index (χ0) is 20.2. The Morgan fingerprint density at radius 2 is 1.89 bits per heavy atom. The van der Waals surface area contributed by atoms with E-state index < -0.39 is 21.2 Å². The van der Waals surface area contributed by atoms with Crippen molar-refractivity contribution in [1.82, 2.24) is 19.8 Å². The fourth-order valence-electron chi connectivity index (χ4n) is 4.75. The molecule has 0 aromatic rings. The van der Waals surface area contributed by atoms with E-state index in [0.29, 0.717) is 31.2 Å². The van der Waals surface area contributed by atoms with E-state index in [0.717, 1.165) is 12.8 Å². The number of hydrogen-bond acceptors (Lipinski definition) is 6. The number of sulfonamides is 1. The van der Waals surface area contributed by atoms with Crippen LogP contribution in [-0.2, 0) is 14.8 Å². The van der Waals surface area contributed by atoms with Gasteiger partial charge >= 0.3 is 6.03 Å². The average molecular weight is 431 g/mol. The third-order valence-corrected chi connectivity index (χ3v) is 9.92. The zero-order valence-corrected chi connectivity index (χ0v) is 18.3. The van der Waals surface area contributed by atoms with Crippen molar-refractivity contribution >= 4 is 33.7 Å². The Morgan fingerprint density at radius 1 is 1.18 bits per heavy atom. The Kier molecular flexibility index (Phi) is 5.43. The van der Waals surface area contributed by atoms with Gasteiger partial charge in [-0.2, -0.15) is 0 Å². The SMILES string of the molecule is CC1NC(C)C(CN2C(=O)N(C)C(=O)C3CC(S(=O)(=O)NC4CC4)CCC32)S1. The van der Waals surface area contributed by atoms with Gasteiger partial charge in [0.25, 0.3) is 0 Å². The van der Waals surface area contributed by atoms with Gasteiger partial charge in [-0.25, -0.2) is 17.9 Å². The van der Waals surface area contributed by atoms with Gasteiger partial charge < -0.3 is 10.2 Å². The number of urea groups is 1. The van der Waals surface area contributed by atoms with Gasteiger partial charge in [-0.15, -0.1) is 11.8 Å². The molecule has 4 rings (SSSR count). The van der Waals surface area contributed by atoms with Crippen LogP contribution in [0.25, 0.3) is 0 Å². The number of nitrogens with zero attached hydrogens (tertiary/aromatic N) is 2. The molecule has 8 nitrogen and oxygen atoms in total. The highest BCUT2D eigenvalue weighted by Gasteiger charge is 2.51. The molecule has 0 radical (unpaired) electrons. The highest BCUT2D eigenvalue weighted by Crippen LogP contribution is 2.38. The van der Waals surface area contributed by atoms with Crippen LogP contribution in [-0.4, -0.2) is 77.7 Å². The number of amides is 3. The molecule has 3 amide bonds. The molecule has 2 aliphatic carbocycles. The minimum absolute atomic E-state index is 0.0703. The monoisotopic (exact) mass is 430 g/mol. The van der Waals surface area contributed by atoms with E-state index >= 15 is 0 Å². The van der Waals surface area contributed by atoms with E-state index in [4.69, 9.17) is 0 Å². The topological polar surface area (TPSA) is 98.8 Å². The number of imide groups is 1. The fourth-order valence-corrected chi connectivity index (χ4v) is 7.93. The summed E-state index contributed by atoms with van der Waals surface area (Å²) in [5, 5.41) is 3.52. The van der Waals surface area contributed by atoms with Crippen molar-refractivity contribution in [2.45, 2.75) is 80.0 Å². The Morgan fingerprint density at radius 3 is 2.50 bits per heavy atom. The number of carbonyl (C=O) groups excluding carboxylic acids is 2. The molecular weight excluding hydrogens is 400 g/mol. The first-order valence-corrected chi connectivity index (χ1v) is 12.7. The molecule has 2 N–H and O–H groups in total. The van der Waals surface area contributed by atoms with Crippen molar-refractivity contribution in [1.29, 1.82) is 0 Å². The molecule has 6 unspecified atom stereocenters. The zero-order valence-electron chi connectivity index (χ0n) is 16.6. The van der Waals surface area contributed by atoms with Crippen molar-refractivity contribution in [2.24, 2.45) is 5.92 Å². The Labute approximate surface area is 171 Å². The molecule has 158 valence electrons. The summed E-state index contributed by atoms with van der Waals surface area (Å²) in [6, 6.07) is -0.0992. The third kappa shape index (κ3) is 3.80. The van der Waals surface area contributed by atoms with Gasteiger partial charge in [-0.3, -0.25) is 9.69 Å². The molecule has 2 heterocycles. The first-order chi connectivity index (χ1) is 13.2. The number of carbonyl (C=O) groups is 2. The molecule has 0 aromatic heterocycles. The number of thioether (sulfide) groups is 1. The molecule has 0 bridgehead atoms. The van der Waals surface area contributed by atoms with Gasteiger partial charge in [-0.1, -0.05) is 0 Å². The summed E-state index contributed by atoms with van der Waals surface area (Å²) in [5.41, 5.74) is 0. The molecule has 0 aromatic carbocycles. The van der Waals surface area contributed by atoms with Gasteiger partial charge in [0.2, 0.25) is 15.9 Å². The van der Waals surface area contributed by atoms with Crippen LogP contribution >= 0.6 is 11.8 Å². The molecule has 10 heteroatoms. The normalized spacial score (nSPS) is 39.4. The maximum Gasteiger partial charge on any atom is 0.326 e. The van der Waals surface area contributed by atoms with Crippen LogP contribution in [0.5, 0.6) is 0 Å². The average Bonchev–Trinajstić information content (AvgIpc) is 3.38. The third-order valence-electron chi connectivity index (χ3n) is 6.50. The highest BCUT2D eigenvalue weighted by atomic mass is 32.2. The van der Waals surface area contributed by atoms with Crippen LogP contribution in [0.15, 0.2) is 0 Å². The minimum atomic E-state index is -3.42. The van der Waals surface area contributed by atoms with Crippen molar-refractivity contribution < 1.29 is 18.0 Å². The maximum absolute atomic E-state index is 12.9. The predicted molar refractivity (Wildman–Crippen MR) is 108 cm³/mol. The lowest BCUT2D eigenvalue weighted by Crippen LogP contribution is -2.64. The number of rotatable bonds is 5. The molecule has 0 spiro atoms. The Hall–Kier alpha value is -0.840. The lowest BCUT2D eigenvalue weighted by molar-refractivity contribution is -0.139.